The summed E-state index contributed by atoms with van der Waals surface area (Å²) in [5.74, 6) is -0.269. The highest BCUT2D eigenvalue weighted by atomic mass is 16.8. The predicted molar refractivity (Wildman–Crippen MR) is 111 cm³/mol. The summed E-state index contributed by atoms with van der Waals surface area (Å²) >= 11 is 0. The van der Waals surface area contributed by atoms with Gasteiger partial charge in [-0.1, -0.05) is 59.7 Å². The summed E-state index contributed by atoms with van der Waals surface area (Å²) in [4.78, 5) is 0. The maximum Gasteiger partial charge on any atom is 0.322 e. The van der Waals surface area contributed by atoms with Crippen molar-refractivity contribution in [2.24, 2.45) is 11.8 Å². The zero-order chi connectivity index (χ0) is 20.3. The van der Waals surface area contributed by atoms with E-state index >= 15 is 0 Å². The van der Waals surface area contributed by atoms with E-state index in [0.717, 1.165) is 25.0 Å². The Balaban J connectivity index is 3.36. The molecule has 1 aromatic rings. The lowest BCUT2D eigenvalue weighted by Gasteiger charge is -2.46. The van der Waals surface area contributed by atoms with Gasteiger partial charge in [-0.25, -0.2) is 0 Å². The first-order chi connectivity index (χ1) is 12.8. The van der Waals surface area contributed by atoms with Crippen LogP contribution in [0.1, 0.15) is 73.6 Å². The summed E-state index contributed by atoms with van der Waals surface area (Å²) in [6.45, 7) is 13.5. The van der Waals surface area contributed by atoms with Gasteiger partial charge in [0.25, 0.3) is 0 Å². The van der Waals surface area contributed by atoms with E-state index in [1.54, 1.807) is 0 Å². The molecule has 156 valence electrons. The molecule has 0 saturated carbocycles. The van der Waals surface area contributed by atoms with E-state index in [4.69, 9.17) is 14.2 Å². The van der Waals surface area contributed by atoms with E-state index < -0.39 is 11.6 Å². The summed E-state index contributed by atoms with van der Waals surface area (Å²) in [6.07, 6.45) is 3.79. The summed E-state index contributed by atoms with van der Waals surface area (Å²) < 4.78 is 18.4. The van der Waals surface area contributed by atoms with Crippen LogP contribution in [0.2, 0.25) is 0 Å². The van der Waals surface area contributed by atoms with Gasteiger partial charge in [-0.15, -0.1) is 0 Å². The fraction of sp³-hybridized carbons (Fsp3) is 0.739. The molecule has 1 rings (SSSR count). The molecule has 1 N–H and O–H groups in total. The van der Waals surface area contributed by atoms with Crippen LogP contribution in [0.3, 0.4) is 0 Å². The summed E-state index contributed by atoms with van der Waals surface area (Å²) in [5.41, 5.74) is -0.975. The van der Waals surface area contributed by atoms with Gasteiger partial charge in [-0.3, -0.25) is 0 Å². The van der Waals surface area contributed by atoms with Gasteiger partial charge in [-0.05, 0) is 56.1 Å². The number of ether oxygens (including phenoxy) is 3. The summed E-state index contributed by atoms with van der Waals surface area (Å²) in [6, 6.07) is 9.68. The highest BCUT2D eigenvalue weighted by Gasteiger charge is 2.55. The lowest BCUT2D eigenvalue weighted by atomic mass is 9.83. The molecule has 4 nitrogen and oxygen atoms in total. The van der Waals surface area contributed by atoms with Crippen LogP contribution in [0.15, 0.2) is 30.3 Å². The predicted octanol–water partition coefficient (Wildman–Crippen LogP) is 5.79. The lowest BCUT2D eigenvalue weighted by molar-refractivity contribution is -0.424. The van der Waals surface area contributed by atoms with Crippen molar-refractivity contribution in [1.82, 2.24) is 0 Å². The van der Waals surface area contributed by atoms with Gasteiger partial charge in [0.05, 0.1) is 13.2 Å². The fourth-order valence-corrected chi connectivity index (χ4v) is 3.23. The summed E-state index contributed by atoms with van der Waals surface area (Å²) in [7, 11) is 0. The van der Waals surface area contributed by atoms with Crippen LogP contribution in [0, 0.1) is 11.8 Å². The zero-order valence-electron chi connectivity index (χ0n) is 18.2. The second kappa shape index (κ2) is 11.7. The first-order valence-corrected chi connectivity index (χ1v) is 10.5. The van der Waals surface area contributed by atoms with Crippen LogP contribution in [-0.4, -0.2) is 29.9 Å². The molecule has 0 bridgehead atoms. The van der Waals surface area contributed by atoms with E-state index in [0.29, 0.717) is 37.9 Å². The van der Waals surface area contributed by atoms with Crippen LogP contribution < -0.4 is 4.74 Å². The number of benzene rings is 1. The largest absolute Gasteiger partial charge is 0.479 e. The van der Waals surface area contributed by atoms with E-state index in [2.05, 4.69) is 27.7 Å². The fourth-order valence-electron chi connectivity index (χ4n) is 3.23. The molecule has 1 aromatic carbocycles. The number of hydrogen-bond acceptors (Lipinski definition) is 4. The molecule has 1 unspecified atom stereocenters. The number of para-hydroxylation sites is 1. The first kappa shape index (κ1) is 23.9. The minimum absolute atomic E-state index is 0.308. The van der Waals surface area contributed by atoms with Gasteiger partial charge in [0.15, 0.2) is 5.60 Å². The minimum atomic E-state index is -1.78. The molecule has 0 fully saturated rings. The third-order valence-electron chi connectivity index (χ3n) is 4.50. The molecule has 0 spiro atoms. The SMILES string of the molecule is CCCOC(O)(OCCC)C(CCC(C)C)(CC(C)C)Oc1ccccc1. The Morgan fingerprint density at radius 1 is 0.889 bits per heavy atom. The quantitative estimate of drug-likeness (QED) is 0.415. The highest BCUT2D eigenvalue weighted by Crippen LogP contribution is 2.41. The van der Waals surface area contributed by atoms with Crippen LogP contribution in [0.5, 0.6) is 5.75 Å². The Bertz CT molecular complexity index is 492. The Labute approximate surface area is 166 Å². The highest BCUT2D eigenvalue weighted by molar-refractivity contribution is 5.22. The molecular weight excluding hydrogens is 340 g/mol. The molecule has 0 heterocycles. The average molecular weight is 381 g/mol. The monoisotopic (exact) mass is 380 g/mol. The molecular formula is C23H40O4. The second-order valence-electron chi connectivity index (χ2n) is 8.22. The van der Waals surface area contributed by atoms with Crippen molar-refractivity contribution in [2.75, 3.05) is 13.2 Å². The Kier molecular flexibility index (Phi) is 10.4. The molecule has 4 heteroatoms. The van der Waals surface area contributed by atoms with E-state index in [1.807, 2.05) is 44.2 Å². The van der Waals surface area contributed by atoms with E-state index in [-0.39, 0.29) is 0 Å². The molecule has 0 aliphatic rings. The average Bonchev–Trinajstić information content (AvgIpc) is 2.63. The smallest absolute Gasteiger partial charge is 0.322 e. The first-order valence-electron chi connectivity index (χ1n) is 10.5. The van der Waals surface area contributed by atoms with Gasteiger partial charge >= 0.3 is 5.97 Å². The number of hydrogen-bond donors (Lipinski definition) is 1. The molecule has 0 amide bonds. The van der Waals surface area contributed by atoms with Crippen molar-refractivity contribution in [3.63, 3.8) is 0 Å². The molecule has 0 aliphatic carbocycles. The van der Waals surface area contributed by atoms with Gasteiger partial charge in [0, 0.05) is 0 Å². The zero-order valence-corrected chi connectivity index (χ0v) is 18.2. The van der Waals surface area contributed by atoms with Gasteiger partial charge in [-0.2, -0.15) is 0 Å². The van der Waals surface area contributed by atoms with Crippen molar-refractivity contribution < 1.29 is 19.3 Å². The van der Waals surface area contributed by atoms with Crippen LogP contribution in [0.4, 0.5) is 0 Å². The third-order valence-corrected chi connectivity index (χ3v) is 4.50. The van der Waals surface area contributed by atoms with Crippen molar-refractivity contribution in [1.29, 1.82) is 0 Å². The van der Waals surface area contributed by atoms with Crippen molar-refractivity contribution in [3.05, 3.63) is 30.3 Å². The standard InChI is InChI=1S/C23H40O4/c1-7-16-25-23(24,26-17-8-2)22(18-20(5)6,15-14-19(3)4)27-21-12-10-9-11-13-21/h9-13,19-20,24H,7-8,14-18H2,1-6H3. The third kappa shape index (κ3) is 7.44. The van der Waals surface area contributed by atoms with Crippen molar-refractivity contribution >= 4 is 0 Å². The molecule has 0 saturated heterocycles. The van der Waals surface area contributed by atoms with Crippen LogP contribution in [-0.2, 0) is 9.47 Å². The molecule has 0 aromatic heterocycles. The minimum Gasteiger partial charge on any atom is -0.479 e. The second-order valence-corrected chi connectivity index (χ2v) is 8.22. The maximum absolute atomic E-state index is 11.6. The Morgan fingerprint density at radius 3 is 1.89 bits per heavy atom. The molecule has 27 heavy (non-hydrogen) atoms. The molecule has 1 atom stereocenters. The Hall–Kier alpha value is -1.10. The number of rotatable bonds is 14. The summed E-state index contributed by atoms with van der Waals surface area (Å²) in [5, 5.41) is 11.6. The van der Waals surface area contributed by atoms with Crippen molar-refractivity contribution in [3.8, 4) is 5.75 Å². The van der Waals surface area contributed by atoms with Gasteiger partial charge in [0.1, 0.15) is 5.75 Å². The normalized spacial score (nSPS) is 14.6. The Morgan fingerprint density at radius 2 is 1.44 bits per heavy atom. The molecule has 0 aliphatic heterocycles. The van der Waals surface area contributed by atoms with Gasteiger partial charge < -0.3 is 19.3 Å². The van der Waals surface area contributed by atoms with E-state index in [9.17, 15) is 5.11 Å². The molecule has 0 radical (unpaired) electrons. The van der Waals surface area contributed by atoms with Crippen molar-refractivity contribution in [2.45, 2.75) is 85.2 Å². The van der Waals surface area contributed by atoms with E-state index in [1.165, 1.54) is 0 Å². The lowest BCUT2D eigenvalue weighted by Crippen LogP contribution is -2.62. The van der Waals surface area contributed by atoms with Crippen LogP contribution >= 0.6 is 0 Å². The maximum atomic E-state index is 11.6. The van der Waals surface area contributed by atoms with Gasteiger partial charge in [0.2, 0.25) is 0 Å². The number of aliphatic hydroxyl groups is 1. The topological polar surface area (TPSA) is 47.9 Å². The van der Waals surface area contributed by atoms with Crippen LogP contribution in [0.25, 0.3) is 0 Å².